The predicted molar refractivity (Wildman–Crippen MR) is 95.7 cm³/mol. The van der Waals surface area contributed by atoms with Crippen LogP contribution in [0.25, 0.3) is 21.9 Å². The van der Waals surface area contributed by atoms with Crippen molar-refractivity contribution in [1.29, 1.82) is 0 Å². The molecular weight excluding hydrogens is 400 g/mol. The number of hydrogen-bond acceptors (Lipinski definition) is 0. The fourth-order valence-corrected chi connectivity index (χ4v) is 4.79. The average Bonchev–Trinajstić information content (AvgIpc) is 2.50. The molecule has 3 aromatic rings. The van der Waals surface area contributed by atoms with Crippen molar-refractivity contribution in [2.75, 3.05) is 0 Å². The van der Waals surface area contributed by atoms with Gasteiger partial charge in [-0.3, -0.25) is 0 Å². The Morgan fingerprint density at radius 2 is 1.64 bits per heavy atom. The number of aryl methyl sites for hydroxylation is 1. The van der Waals surface area contributed by atoms with Crippen molar-refractivity contribution in [3.8, 4) is 11.1 Å². The van der Waals surface area contributed by atoms with Gasteiger partial charge in [-0.1, -0.05) is 0 Å². The van der Waals surface area contributed by atoms with Crippen LogP contribution >= 0.6 is 19.4 Å². The molecule has 0 heterocycles. The van der Waals surface area contributed by atoms with Crippen molar-refractivity contribution in [3.63, 3.8) is 0 Å². The fraction of sp³-hybridized carbons (Fsp3) is 0.105. The Morgan fingerprint density at radius 3 is 2.41 bits per heavy atom. The summed E-state index contributed by atoms with van der Waals surface area (Å²) in [6, 6.07) is 19.2. The molecule has 0 fully saturated rings. The van der Waals surface area contributed by atoms with Gasteiger partial charge in [-0.2, -0.15) is 0 Å². The number of hydrogen-bond donors (Lipinski definition) is 0. The minimum absolute atomic E-state index is 1.15. The molecule has 114 valence electrons. The first-order chi connectivity index (χ1) is 10.6. The second-order valence-electron chi connectivity index (χ2n) is 5.31. The molecule has 22 heavy (non-hydrogen) atoms. The van der Waals surface area contributed by atoms with Gasteiger partial charge >= 0.3 is 145 Å². The van der Waals surface area contributed by atoms with Gasteiger partial charge < -0.3 is 0 Å². The standard InChI is InChI=1S/C19H16.2ClH.Ru/c1-13-7-6-10-17(15(13)3)19-14(2)11-12-16-8-4-5-9-18(16)19;;;/h1,4-12H,2-3H3;2*1H;/q;;;+2/p-2. The van der Waals surface area contributed by atoms with Crippen molar-refractivity contribution >= 4 is 34.8 Å². The van der Waals surface area contributed by atoms with Crippen LogP contribution in [0, 0.1) is 13.8 Å². The third kappa shape index (κ3) is 3.04. The molecule has 0 aliphatic heterocycles. The normalized spacial score (nSPS) is 11.5. The molecule has 0 aliphatic rings. The zero-order chi connectivity index (χ0) is 15.7. The van der Waals surface area contributed by atoms with E-state index in [9.17, 15) is 0 Å². The SMILES string of the molecule is Cc1ccc2ccccc2c1-c1cccc([CH]=[Ru]([Cl])[Cl])c1C. The predicted octanol–water partition coefficient (Wildman–Crippen LogP) is 6.20. The van der Waals surface area contributed by atoms with E-state index in [1.807, 2.05) is 4.61 Å². The molecule has 0 atom stereocenters. The topological polar surface area (TPSA) is 0 Å². The Kier molecular flexibility index (Phi) is 4.78. The Labute approximate surface area is 144 Å². The van der Waals surface area contributed by atoms with Gasteiger partial charge in [-0.25, -0.2) is 0 Å². The fourth-order valence-electron chi connectivity index (χ4n) is 2.86. The maximum atomic E-state index is 6.06. The van der Waals surface area contributed by atoms with Crippen molar-refractivity contribution < 1.29 is 13.5 Å². The summed E-state index contributed by atoms with van der Waals surface area (Å²) in [5, 5.41) is 2.55. The van der Waals surface area contributed by atoms with E-state index in [0.717, 1.165) is 5.56 Å². The zero-order valence-corrected chi connectivity index (χ0v) is 15.6. The van der Waals surface area contributed by atoms with E-state index >= 15 is 0 Å². The van der Waals surface area contributed by atoms with Gasteiger partial charge in [0.2, 0.25) is 0 Å². The quantitative estimate of drug-likeness (QED) is 0.437. The molecule has 0 saturated carbocycles. The van der Waals surface area contributed by atoms with Gasteiger partial charge in [0.1, 0.15) is 0 Å². The molecule has 3 aromatic carbocycles. The number of benzene rings is 3. The molecule has 0 radical (unpaired) electrons. The van der Waals surface area contributed by atoms with Gasteiger partial charge in [0, 0.05) is 0 Å². The molecule has 0 nitrogen and oxygen atoms in total. The molecule has 0 bridgehead atoms. The molecular formula is C19H16Cl2Ru. The van der Waals surface area contributed by atoms with Gasteiger partial charge in [0.15, 0.2) is 0 Å². The maximum absolute atomic E-state index is 6.06. The second kappa shape index (κ2) is 6.63. The third-order valence-electron chi connectivity index (χ3n) is 3.97. The first-order valence-electron chi connectivity index (χ1n) is 6.99. The first-order valence-corrected chi connectivity index (χ1v) is 12.5. The minimum atomic E-state index is -1.82. The van der Waals surface area contributed by atoms with Crippen LogP contribution in [-0.2, 0) is 13.5 Å². The van der Waals surface area contributed by atoms with Crippen LogP contribution in [0.2, 0.25) is 0 Å². The molecule has 0 N–H and O–H groups in total. The van der Waals surface area contributed by atoms with Gasteiger partial charge in [-0.05, 0) is 0 Å². The third-order valence-corrected chi connectivity index (χ3v) is 5.80. The van der Waals surface area contributed by atoms with Crippen LogP contribution < -0.4 is 0 Å². The summed E-state index contributed by atoms with van der Waals surface area (Å²) in [7, 11) is 12.1. The monoisotopic (exact) mass is 416 g/mol. The Bertz CT molecular complexity index is 878. The Morgan fingerprint density at radius 1 is 0.864 bits per heavy atom. The number of fused-ring (bicyclic) bond motifs is 1. The van der Waals surface area contributed by atoms with Crippen molar-refractivity contribution in [2.45, 2.75) is 13.8 Å². The molecule has 3 heteroatoms. The molecule has 3 rings (SSSR count). The van der Waals surface area contributed by atoms with Crippen LogP contribution in [-0.4, -0.2) is 4.61 Å². The van der Waals surface area contributed by atoms with Crippen LogP contribution in [0.15, 0.2) is 54.6 Å². The number of rotatable bonds is 2. The summed E-state index contributed by atoms with van der Waals surface area (Å²) in [6.45, 7) is 4.31. The molecule has 0 unspecified atom stereocenters. The van der Waals surface area contributed by atoms with E-state index in [-0.39, 0.29) is 0 Å². The van der Waals surface area contributed by atoms with Crippen LogP contribution in [0.5, 0.6) is 0 Å². The van der Waals surface area contributed by atoms with E-state index in [1.54, 1.807) is 0 Å². The van der Waals surface area contributed by atoms with Crippen LogP contribution in [0.1, 0.15) is 16.7 Å². The first kappa shape index (κ1) is 15.9. The van der Waals surface area contributed by atoms with E-state index in [2.05, 4.69) is 68.4 Å². The summed E-state index contributed by atoms with van der Waals surface area (Å²) in [4.78, 5) is 0. The second-order valence-corrected chi connectivity index (χ2v) is 11.0. The van der Waals surface area contributed by atoms with Crippen molar-refractivity contribution in [2.24, 2.45) is 0 Å². The van der Waals surface area contributed by atoms with E-state index in [4.69, 9.17) is 19.4 Å². The van der Waals surface area contributed by atoms with Gasteiger partial charge in [0.25, 0.3) is 0 Å². The van der Waals surface area contributed by atoms with Crippen molar-refractivity contribution in [3.05, 3.63) is 71.3 Å². The average molecular weight is 416 g/mol. The zero-order valence-electron chi connectivity index (χ0n) is 12.4. The van der Waals surface area contributed by atoms with E-state index in [1.165, 1.54) is 33.0 Å². The summed E-state index contributed by atoms with van der Waals surface area (Å²) in [5.74, 6) is 0. The Balaban J connectivity index is 2.33. The van der Waals surface area contributed by atoms with Gasteiger partial charge in [-0.15, -0.1) is 0 Å². The summed E-state index contributed by atoms with van der Waals surface area (Å²) in [5.41, 5.74) is 6.22. The van der Waals surface area contributed by atoms with E-state index in [0.29, 0.717) is 0 Å². The van der Waals surface area contributed by atoms with Gasteiger partial charge in [0.05, 0.1) is 0 Å². The molecule has 0 spiro atoms. The van der Waals surface area contributed by atoms with Crippen molar-refractivity contribution in [1.82, 2.24) is 0 Å². The molecule has 0 aromatic heterocycles. The molecule has 0 amide bonds. The number of halogens is 2. The van der Waals surface area contributed by atoms with Crippen LogP contribution in [0.4, 0.5) is 0 Å². The van der Waals surface area contributed by atoms with E-state index < -0.39 is 13.5 Å². The van der Waals surface area contributed by atoms with Crippen LogP contribution in [0.3, 0.4) is 0 Å². The Hall–Kier alpha value is -1.01. The molecule has 0 aliphatic carbocycles. The molecule has 0 saturated heterocycles. The summed E-state index contributed by atoms with van der Waals surface area (Å²) >= 11 is -1.82. The summed E-state index contributed by atoms with van der Waals surface area (Å²) < 4.78 is 2.02. The summed E-state index contributed by atoms with van der Waals surface area (Å²) in [6.07, 6.45) is 0.